The second-order valence-electron chi connectivity index (χ2n) is 6.66. The molecule has 0 aliphatic rings. The fourth-order valence-corrected chi connectivity index (χ4v) is 3.69. The standard InChI is InChI=1S/C21H25N5OS/c1-15-10-12-23-20(13-15)26-19-8-6-7-17(25-19)18-14-24-21(28-18)9-4-3-5-11-22-16(2)27/h6-8,10,12-14H,3-5,9,11H2,1-2H3,(H,22,27)(H,23,25,26). The van der Waals surface area contributed by atoms with Crippen molar-refractivity contribution in [2.45, 2.75) is 39.5 Å². The highest BCUT2D eigenvalue weighted by Crippen LogP contribution is 2.27. The Kier molecular flexibility index (Phi) is 7.08. The zero-order chi connectivity index (χ0) is 19.8. The molecule has 28 heavy (non-hydrogen) atoms. The Bertz CT molecular complexity index is 924. The number of anilines is 2. The average molecular weight is 396 g/mol. The molecule has 0 aromatic carbocycles. The van der Waals surface area contributed by atoms with Crippen LogP contribution in [0, 0.1) is 6.92 Å². The van der Waals surface area contributed by atoms with Gasteiger partial charge in [-0.05, 0) is 56.0 Å². The summed E-state index contributed by atoms with van der Waals surface area (Å²) in [7, 11) is 0. The Labute approximate surface area is 169 Å². The van der Waals surface area contributed by atoms with Crippen LogP contribution >= 0.6 is 11.3 Å². The van der Waals surface area contributed by atoms with Crippen LogP contribution in [-0.2, 0) is 11.2 Å². The molecule has 146 valence electrons. The smallest absolute Gasteiger partial charge is 0.216 e. The number of nitrogens with zero attached hydrogens (tertiary/aromatic N) is 3. The first-order valence-electron chi connectivity index (χ1n) is 9.46. The molecule has 0 unspecified atom stereocenters. The van der Waals surface area contributed by atoms with Gasteiger partial charge in [-0.3, -0.25) is 4.79 Å². The lowest BCUT2D eigenvalue weighted by molar-refractivity contribution is -0.118. The molecule has 0 spiro atoms. The summed E-state index contributed by atoms with van der Waals surface area (Å²) in [6.07, 6.45) is 7.79. The van der Waals surface area contributed by atoms with Crippen LogP contribution < -0.4 is 10.6 Å². The van der Waals surface area contributed by atoms with E-state index in [4.69, 9.17) is 4.98 Å². The van der Waals surface area contributed by atoms with E-state index >= 15 is 0 Å². The van der Waals surface area contributed by atoms with Gasteiger partial charge in [-0.2, -0.15) is 0 Å². The number of unbranched alkanes of at least 4 members (excludes halogenated alkanes) is 2. The van der Waals surface area contributed by atoms with E-state index in [-0.39, 0.29) is 5.91 Å². The molecule has 0 aliphatic carbocycles. The molecule has 3 aromatic rings. The molecular formula is C21H25N5OS. The van der Waals surface area contributed by atoms with Gasteiger partial charge >= 0.3 is 0 Å². The van der Waals surface area contributed by atoms with Gasteiger partial charge in [0.25, 0.3) is 0 Å². The van der Waals surface area contributed by atoms with Crippen LogP contribution in [0.5, 0.6) is 0 Å². The van der Waals surface area contributed by atoms with Crippen molar-refractivity contribution in [2.75, 3.05) is 11.9 Å². The van der Waals surface area contributed by atoms with E-state index in [9.17, 15) is 4.79 Å². The van der Waals surface area contributed by atoms with E-state index in [1.165, 1.54) is 0 Å². The van der Waals surface area contributed by atoms with Gasteiger partial charge in [-0.1, -0.05) is 12.5 Å². The van der Waals surface area contributed by atoms with Crippen LogP contribution in [-0.4, -0.2) is 27.4 Å². The lowest BCUT2D eigenvalue weighted by Gasteiger charge is -2.06. The second-order valence-corrected chi connectivity index (χ2v) is 7.78. The SMILES string of the molecule is CC(=O)NCCCCCc1ncc(-c2cccc(Nc3cc(C)ccn3)n2)s1. The Balaban J connectivity index is 1.55. The number of pyridine rings is 2. The summed E-state index contributed by atoms with van der Waals surface area (Å²) >= 11 is 1.69. The summed E-state index contributed by atoms with van der Waals surface area (Å²) in [4.78, 5) is 25.5. The lowest BCUT2D eigenvalue weighted by Crippen LogP contribution is -2.20. The predicted molar refractivity (Wildman–Crippen MR) is 114 cm³/mol. The molecule has 0 saturated carbocycles. The quantitative estimate of drug-likeness (QED) is 0.522. The Hall–Kier alpha value is -2.80. The van der Waals surface area contributed by atoms with E-state index in [1.807, 2.05) is 43.5 Å². The van der Waals surface area contributed by atoms with E-state index in [2.05, 4.69) is 20.6 Å². The molecule has 3 rings (SSSR count). The van der Waals surface area contributed by atoms with Crippen LogP contribution in [0.1, 0.15) is 36.8 Å². The number of nitrogens with one attached hydrogen (secondary N) is 2. The van der Waals surface area contributed by atoms with Crippen molar-refractivity contribution in [3.63, 3.8) is 0 Å². The number of amides is 1. The molecule has 0 saturated heterocycles. The second kappa shape index (κ2) is 9.94. The Morgan fingerprint density at radius 1 is 1.11 bits per heavy atom. The number of aryl methyl sites for hydroxylation is 2. The zero-order valence-corrected chi connectivity index (χ0v) is 17.1. The fourth-order valence-electron chi connectivity index (χ4n) is 2.76. The monoisotopic (exact) mass is 395 g/mol. The molecule has 3 heterocycles. The molecular weight excluding hydrogens is 370 g/mol. The highest BCUT2D eigenvalue weighted by Gasteiger charge is 2.07. The maximum absolute atomic E-state index is 10.8. The van der Waals surface area contributed by atoms with Crippen molar-refractivity contribution in [1.29, 1.82) is 0 Å². The van der Waals surface area contributed by atoms with Crippen LogP contribution in [0.25, 0.3) is 10.6 Å². The maximum Gasteiger partial charge on any atom is 0.216 e. The van der Waals surface area contributed by atoms with Crippen molar-refractivity contribution in [3.8, 4) is 10.6 Å². The minimum Gasteiger partial charge on any atom is -0.356 e. The molecule has 0 bridgehead atoms. The number of hydrogen-bond donors (Lipinski definition) is 2. The molecule has 0 aliphatic heterocycles. The van der Waals surface area contributed by atoms with Crippen molar-refractivity contribution in [3.05, 3.63) is 53.3 Å². The van der Waals surface area contributed by atoms with Gasteiger partial charge in [0.05, 0.1) is 15.6 Å². The largest absolute Gasteiger partial charge is 0.356 e. The third-order valence-corrected chi connectivity index (χ3v) is 5.25. The molecule has 1 amide bonds. The number of thiazole rings is 1. The van der Waals surface area contributed by atoms with E-state index in [0.717, 1.165) is 65.0 Å². The van der Waals surface area contributed by atoms with Gasteiger partial charge in [0.1, 0.15) is 11.6 Å². The highest BCUT2D eigenvalue weighted by molar-refractivity contribution is 7.15. The van der Waals surface area contributed by atoms with E-state index in [0.29, 0.717) is 0 Å². The molecule has 7 heteroatoms. The number of rotatable bonds is 9. The third-order valence-electron chi connectivity index (χ3n) is 4.17. The lowest BCUT2D eigenvalue weighted by atomic mass is 10.2. The first-order chi connectivity index (χ1) is 13.6. The number of carbonyl (C=O) groups is 1. The Morgan fingerprint density at radius 2 is 2.00 bits per heavy atom. The maximum atomic E-state index is 10.8. The summed E-state index contributed by atoms with van der Waals surface area (Å²) in [5.74, 6) is 1.59. The number of carbonyl (C=O) groups excluding carboxylic acids is 1. The van der Waals surface area contributed by atoms with Gasteiger partial charge < -0.3 is 10.6 Å². The van der Waals surface area contributed by atoms with Crippen molar-refractivity contribution in [1.82, 2.24) is 20.3 Å². The van der Waals surface area contributed by atoms with Gasteiger partial charge in [0, 0.05) is 25.9 Å². The number of aromatic nitrogens is 3. The van der Waals surface area contributed by atoms with Crippen molar-refractivity contribution < 1.29 is 4.79 Å². The van der Waals surface area contributed by atoms with E-state index in [1.54, 1.807) is 24.5 Å². The van der Waals surface area contributed by atoms with Gasteiger partial charge in [0.2, 0.25) is 5.91 Å². The van der Waals surface area contributed by atoms with Crippen LogP contribution in [0.3, 0.4) is 0 Å². The number of hydrogen-bond acceptors (Lipinski definition) is 6. The van der Waals surface area contributed by atoms with Gasteiger partial charge in [0.15, 0.2) is 0 Å². The van der Waals surface area contributed by atoms with Crippen LogP contribution in [0.2, 0.25) is 0 Å². The van der Waals surface area contributed by atoms with E-state index < -0.39 is 0 Å². The first-order valence-corrected chi connectivity index (χ1v) is 10.3. The van der Waals surface area contributed by atoms with Crippen LogP contribution in [0.4, 0.5) is 11.6 Å². The molecule has 0 atom stereocenters. The average Bonchev–Trinajstić information content (AvgIpc) is 3.14. The minimum atomic E-state index is 0.0342. The van der Waals surface area contributed by atoms with Gasteiger partial charge in [-0.25, -0.2) is 15.0 Å². The topological polar surface area (TPSA) is 79.8 Å². The van der Waals surface area contributed by atoms with Crippen LogP contribution in [0.15, 0.2) is 42.7 Å². The van der Waals surface area contributed by atoms with Crippen molar-refractivity contribution >= 4 is 28.9 Å². The molecule has 0 fully saturated rings. The predicted octanol–water partition coefficient (Wildman–Crippen LogP) is 4.50. The molecule has 3 aromatic heterocycles. The summed E-state index contributed by atoms with van der Waals surface area (Å²) < 4.78 is 0. The molecule has 6 nitrogen and oxygen atoms in total. The highest BCUT2D eigenvalue weighted by atomic mass is 32.1. The molecule has 0 radical (unpaired) electrons. The summed E-state index contributed by atoms with van der Waals surface area (Å²) in [5, 5.41) is 7.20. The normalized spacial score (nSPS) is 10.6. The summed E-state index contributed by atoms with van der Waals surface area (Å²) in [6, 6.07) is 9.88. The minimum absolute atomic E-state index is 0.0342. The first kappa shape index (κ1) is 19.9. The van der Waals surface area contributed by atoms with Gasteiger partial charge in [-0.15, -0.1) is 11.3 Å². The summed E-state index contributed by atoms with van der Waals surface area (Å²) in [5.41, 5.74) is 2.06. The van der Waals surface area contributed by atoms with Crippen molar-refractivity contribution in [2.24, 2.45) is 0 Å². The zero-order valence-electron chi connectivity index (χ0n) is 16.2. The Morgan fingerprint density at radius 3 is 2.82 bits per heavy atom. The molecule has 2 N–H and O–H groups in total. The summed E-state index contributed by atoms with van der Waals surface area (Å²) in [6.45, 7) is 4.33. The fraction of sp³-hybridized carbons (Fsp3) is 0.333. The third kappa shape index (κ3) is 6.13.